The molecule has 1 atom stereocenters. The van der Waals surface area contributed by atoms with Crippen LogP contribution in [0.3, 0.4) is 0 Å². The average molecular weight is 498 g/mol. The molecule has 0 aromatic heterocycles. The van der Waals surface area contributed by atoms with E-state index >= 15 is 0 Å². The van der Waals surface area contributed by atoms with Crippen molar-refractivity contribution in [2.24, 2.45) is 0 Å². The van der Waals surface area contributed by atoms with E-state index in [9.17, 15) is 8.42 Å². The summed E-state index contributed by atoms with van der Waals surface area (Å²) in [6, 6.07) is 21.8. The Labute approximate surface area is 210 Å². The second-order valence-electron chi connectivity index (χ2n) is 9.21. The summed E-state index contributed by atoms with van der Waals surface area (Å²) in [6.45, 7) is 4.21. The van der Waals surface area contributed by atoms with Crippen LogP contribution in [-0.2, 0) is 10.0 Å². The summed E-state index contributed by atoms with van der Waals surface area (Å²) in [5, 5.41) is 2.44. The van der Waals surface area contributed by atoms with Gasteiger partial charge < -0.3 is 0 Å². The molecule has 1 unspecified atom stereocenters. The molecule has 0 aliphatic heterocycles. The number of aryl methyl sites for hydroxylation is 1. The van der Waals surface area contributed by atoms with Crippen LogP contribution in [-0.4, -0.2) is 20.2 Å². The van der Waals surface area contributed by atoms with E-state index in [1.165, 1.54) is 54.2 Å². The first-order chi connectivity index (χ1) is 16.5. The van der Waals surface area contributed by atoms with E-state index in [4.69, 9.17) is 0 Å². The predicted molar refractivity (Wildman–Crippen MR) is 147 cm³/mol. The van der Waals surface area contributed by atoms with Crippen LogP contribution in [0, 0.1) is 6.92 Å². The smallest absolute Gasteiger partial charge is 0.207 e. The van der Waals surface area contributed by atoms with Gasteiger partial charge in [0.15, 0.2) is 0 Å². The van der Waals surface area contributed by atoms with Gasteiger partial charge in [-0.15, -0.1) is 11.8 Å². The van der Waals surface area contributed by atoms with Gasteiger partial charge in [0.05, 0.1) is 4.90 Å². The van der Waals surface area contributed by atoms with E-state index < -0.39 is 10.0 Å². The Morgan fingerprint density at radius 3 is 2.15 bits per heavy atom. The SMILES string of the molecule is CCCCCCCCCCC(CSc1ccc2ccccc2c1)NS(=O)(=O)c1ccc(C)cc1. The minimum atomic E-state index is -3.54. The van der Waals surface area contributed by atoms with E-state index in [1.54, 1.807) is 23.9 Å². The highest BCUT2D eigenvalue weighted by Crippen LogP contribution is 2.26. The number of fused-ring (bicyclic) bond motifs is 1. The van der Waals surface area contributed by atoms with Gasteiger partial charge in [0.25, 0.3) is 0 Å². The van der Waals surface area contributed by atoms with Crippen molar-refractivity contribution >= 4 is 32.6 Å². The van der Waals surface area contributed by atoms with Crippen LogP contribution in [0.5, 0.6) is 0 Å². The molecule has 0 aliphatic rings. The van der Waals surface area contributed by atoms with Gasteiger partial charge in [0.1, 0.15) is 0 Å². The van der Waals surface area contributed by atoms with Gasteiger partial charge in [-0.3, -0.25) is 0 Å². The van der Waals surface area contributed by atoms with Crippen molar-refractivity contribution < 1.29 is 8.42 Å². The minimum Gasteiger partial charge on any atom is -0.207 e. The van der Waals surface area contributed by atoms with Gasteiger partial charge in [-0.25, -0.2) is 13.1 Å². The fourth-order valence-corrected chi connectivity index (χ4v) is 6.55. The van der Waals surface area contributed by atoms with Crippen molar-refractivity contribution in [2.75, 3.05) is 5.75 Å². The maximum absolute atomic E-state index is 13.1. The molecule has 0 fully saturated rings. The Hall–Kier alpha value is -1.82. The third-order valence-electron chi connectivity index (χ3n) is 6.23. The van der Waals surface area contributed by atoms with Crippen LogP contribution in [0.4, 0.5) is 0 Å². The lowest BCUT2D eigenvalue weighted by molar-refractivity contribution is 0.514. The molecule has 3 nitrogen and oxygen atoms in total. The van der Waals surface area contributed by atoms with Crippen LogP contribution < -0.4 is 4.72 Å². The Bertz CT molecular complexity index is 1110. The Morgan fingerprint density at radius 1 is 0.794 bits per heavy atom. The van der Waals surface area contributed by atoms with Crippen LogP contribution in [0.2, 0.25) is 0 Å². The van der Waals surface area contributed by atoms with Gasteiger partial charge >= 0.3 is 0 Å². The molecule has 1 N–H and O–H groups in total. The molecule has 0 saturated carbocycles. The second-order valence-corrected chi connectivity index (χ2v) is 12.0. The lowest BCUT2D eigenvalue weighted by Gasteiger charge is -2.19. The molecule has 184 valence electrons. The summed E-state index contributed by atoms with van der Waals surface area (Å²) in [5.41, 5.74) is 1.06. The number of unbranched alkanes of at least 4 members (excludes halogenated alkanes) is 7. The fourth-order valence-electron chi connectivity index (χ4n) is 4.16. The summed E-state index contributed by atoms with van der Waals surface area (Å²) >= 11 is 1.73. The maximum atomic E-state index is 13.1. The Morgan fingerprint density at radius 2 is 1.44 bits per heavy atom. The molecule has 5 heteroatoms. The van der Waals surface area contributed by atoms with Crippen molar-refractivity contribution in [1.29, 1.82) is 0 Å². The second kappa shape index (κ2) is 13.9. The van der Waals surface area contributed by atoms with Gasteiger partial charge in [-0.05, 0) is 48.4 Å². The number of benzene rings is 3. The Balaban J connectivity index is 1.59. The summed E-state index contributed by atoms with van der Waals surface area (Å²) < 4.78 is 29.1. The summed E-state index contributed by atoms with van der Waals surface area (Å²) in [4.78, 5) is 1.52. The largest absolute Gasteiger partial charge is 0.240 e. The molecule has 3 aromatic carbocycles. The molecule has 0 spiro atoms. The quantitative estimate of drug-likeness (QED) is 0.170. The molecule has 3 rings (SSSR count). The molecular weight excluding hydrogens is 458 g/mol. The molecule has 0 aliphatic carbocycles. The van der Waals surface area contributed by atoms with E-state index in [2.05, 4.69) is 54.1 Å². The number of sulfonamides is 1. The minimum absolute atomic E-state index is 0.0946. The number of hydrogen-bond donors (Lipinski definition) is 1. The molecule has 0 saturated heterocycles. The fraction of sp³-hybridized carbons (Fsp3) is 0.448. The topological polar surface area (TPSA) is 46.2 Å². The molecule has 0 amide bonds. The van der Waals surface area contributed by atoms with Crippen LogP contribution >= 0.6 is 11.8 Å². The molecule has 34 heavy (non-hydrogen) atoms. The summed E-state index contributed by atoms with van der Waals surface area (Å²) in [5.74, 6) is 0.722. The first kappa shape index (κ1) is 26.8. The van der Waals surface area contributed by atoms with Crippen LogP contribution in [0.1, 0.15) is 70.3 Å². The third-order valence-corrected chi connectivity index (χ3v) is 8.92. The molecule has 3 aromatic rings. The lowest BCUT2D eigenvalue weighted by Crippen LogP contribution is -2.36. The van der Waals surface area contributed by atoms with Crippen LogP contribution in [0.25, 0.3) is 10.8 Å². The van der Waals surface area contributed by atoms with E-state index in [1.807, 2.05) is 19.1 Å². The van der Waals surface area contributed by atoms with Crippen molar-refractivity contribution in [3.63, 3.8) is 0 Å². The zero-order valence-corrected chi connectivity index (χ0v) is 22.3. The highest BCUT2D eigenvalue weighted by Gasteiger charge is 2.20. The van der Waals surface area contributed by atoms with Gasteiger partial charge in [-0.2, -0.15) is 0 Å². The lowest BCUT2D eigenvalue weighted by atomic mass is 10.1. The first-order valence-electron chi connectivity index (χ1n) is 12.7. The number of rotatable bonds is 15. The summed E-state index contributed by atoms with van der Waals surface area (Å²) in [7, 11) is -3.54. The van der Waals surface area contributed by atoms with Crippen molar-refractivity contribution in [1.82, 2.24) is 4.72 Å². The van der Waals surface area contributed by atoms with Crippen molar-refractivity contribution in [3.05, 3.63) is 72.3 Å². The Kier molecular flexibility index (Phi) is 11.0. The number of hydrogen-bond acceptors (Lipinski definition) is 3. The molecule has 0 radical (unpaired) electrons. The number of nitrogens with one attached hydrogen (secondary N) is 1. The molecular formula is C29H39NO2S2. The van der Waals surface area contributed by atoms with Crippen LogP contribution in [0.15, 0.2) is 76.5 Å². The highest BCUT2D eigenvalue weighted by atomic mass is 32.2. The zero-order chi connectivity index (χ0) is 24.2. The highest BCUT2D eigenvalue weighted by molar-refractivity contribution is 7.99. The molecule has 0 bridgehead atoms. The maximum Gasteiger partial charge on any atom is 0.240 e. The zero-order valence-electron chi connectivity index (χ0n) is 20.6. The van der Waals surface area contributed by atoms with E-state index in [-0.39, 0.29) is 6.04 Å². The van der Waals surface area contributed by atoms with E-state index in [0.717, 1.165) is 30.6 Å². The first-order valence-corrected chi connectivity index (χ1v) is 15.2. The monoisotopic (exact) mass is 497 g/mol. The van der Waals surface area contributed by atoms with Gasteiger partial charge in [-0.1, -0.05) is 106 Å². The third kappa shape index (κ3) is 8.75. The summed E-state index contributed by atoms with van der Waals surface area (Å²) in [6.07, 6.45) is 10.8. The number of thioether (sulfide) groups is 1. The predicted octanol–water partition coefficient (Wildman–Crippen LogP) is 8.12. The normalized spacial score (nSPS) is 12.8. The molecule has 0 heterocycles. The van der Waals surface area contributed by atoms with Gasteiger partial charge in [0.2, 0.25) is 10.0 Å². The standard InChI is InChI=1S/C29H39NO2S2/c1-3-4-5-6-7-8-9-10-15-27(30-34(31,32)29-20-16-24(2)17-21-29)23-33-28-19-18-25-13-11-12-14-26(25)22-28/h11-14,16-22,27,30H,3-10,15,23H2,1-2H3. The van der Waals surface area contributed by atoms with Crippen molar-refractivity contribution in [2.45, 2.75) is 87.5 Å². The van der Waals surface area contributed by atoms with Crippen molar-refractivity contribution in [3.8, 4) is 0 Å². The van der Waals surface area contributed by atoms with E-state index in [0.29, 0.717) is 4.90 Å². The van der Waals surface area contributed by atoms with Gasteiger partial charge in [0, 0.05) is 16.7 Å². The average Bonchev–Trinajstić information content (AvgIpc) is 2.84.